The third kappa shape index (κ3) is 2.64. The summed E-state index contributed by atoms with van der Waals surface area (Å²) in [4.78, 5) is 10.5. The second kappa shape index (κ2) is 4.49. The summed E-state index contributed by atoms with van der Waals surface area (Å²) in [5.41, 5.74) is 5.89. The summed E-state index contributed by atoms with van der Waals surface area (Å²) in [7, 11) is 0. The molecular weight excluding hydrogens is 202 g/mol. The van der Waals surface area contributed by atoms with Gasteiger partial charge in [0.25, 0.3) is 0 Å². The van der Waals surface area contributed by atoms with Crippen LogP contribution in [-0.4, -0.2) is 12.5 Å². The van der Waals surface area contributed by atoms with E-state index in [2.05, 4.69) is 5.32 Å². The van der Waals surface area contributed by atoms with Crippen LogP contribution in [0.5, 0.6) is 0 Å². The van der Waals surface area contributed by atoms with Crippen molar-refractivity contribution < 1.29 is 4.79 Å². The molecule has 0 aliphatic carbocycles. The molecule has 0 saturated heterocycles. The summed E-state index contributed by atoms with van der Waals surface area (Å²) in [6.07, 6.45) is 0. The van der Waals surface area contributed by atoms with E-state index in [-0.39, 0.29) is 6.54 Å². The van der Waals surface area contributed by atoms with Crippen LogP contribution in [0.3, 0.4) is 0 Å². The number of rotatable bonds is 3. The molecule has 1 aromatic carbocycles. The Balaban J connectivity index is 2.87. The van der Waals surface area contributed by atoms with Gasteiger partial charge in [-0.25, -0.2) is 0 Å². The highest BCUT2D eigenvalue weighted by Gasteiger charge is 2.02. The Morgan fingerprint density at radius 1 is 1.64 bits per heavy atom. The van der Waals surface area contributed by atoms with E-state index in [1.54, 1.807) is 12.1 Å². The van der Waals surface area contributed by atoms with Crippen LogP contribution in [0.4, 0.5) is 5.69 Å². The molecule has 0 aromatic heterocycles. The van der Waals surface area contributed by atoms with Crippen LogP contribution in [0.1, 0.15) is 5.56 Å². The Labute approximate surface area is 86.3 Å². The number of benzene rings is 1. The van der Waals surface area contributed by atoms with Crippen LogP contribution >= 0.6 is 11.6 Å². The van der Waals surface area contributed by atoms with E-state index in [1.807, 2.05) is 6.07 Å². The van der Waals surface area contributed by atoms with Crippen LogP contribution in [0, 0.1) is 11.3 Å². The average Bonchev–Trinajstić information content (AvgIpc) is 2.15. The number of nitrogens with zero attached hydrogens (tertiary/aromatic N) is 1. The largest absolute Gasteiger partial charge is 0.375 e. The molecule has 4 nitrogen and oxygen atoms in total. The van der Waals surface area contributed by atoms with Gasteiger partial charge < -0.3 is 11.1 Å². The van der Waals surface area contributed by atoms with Gasteiger partial charge in [0.2, 0.25) is 5.91 Å². The third-order valence-corrected chi connectivity index (χ3v) is 1.79. The second-order valence-electron chi connectivity index (χ2n) is 2.62. The lowest BCUT2D eigenvalue weighted by Crippen LogP contribution is -2.22. The Kier molecular flexibility index (Phi) is 3.32. The number of carbonyl (C=O) groups is 1. The SMILES string of the molecule is N#Cc1cc(Cl)ccc1NCC(N)=O. The predicted octanol–water partition coefficient (Wildman–Crippen LogP) is 1.11. The normalized spacial score (nSPS) is 9.14. The molecular formula is C9H8ClN3O. The zero-order valence-corrected chi connectivity index (χ0v) is 8.01. The first kappa shape index (κ1) is 10.4. The first-order valence-corrected chi connectivity index (χ1v) is 4.23. The smallest absolute Gasteiger partial charge is 0.236 e. The number of nitrogens with two attached hydrogens (primary N) is 1. The monoisotopic (exact) mass is 209 g/mol. The first-order chi connectivity index (χ1) is 6.63. The molecule has 0 atom stereocenters. The van der Waals surface area contributed by atoms with E-state index in [0.717, 1.165) is 0 Å². The van der Waals surface area contributed by atoms with Crippen molar-refractivity contribution in [3.8, 4) is 6.07 Å². The molecule has 0 radical (unpaired) electrons. The molecule has 0 heterocycles. The minimum Gasteiger partial charge on any atom is -0.375 e. The lowest BCUT2D eigenvalue weighted by molar-refractivity contribution is -0.116. The fourth-order valence-corrected chi connectivity index (χ4v) is 1.12. The summed E-state index contributed by atoms with van der Waals surface area (Å²) in [5, 5.41) is 12.0. The molecule has 0 saturated carbocycles. The maximum absolute atomic E-state index is 10.5. The Morgan fingerprint density at radius 3 is 2.93 bits per heavy atom. The molecule has 0 fully saturated rings. The van der Waals surface area contributed by atoms with E-state index < -0.39 is 5.91 Å². The number of amides is 1. The molecule has 1 aromatic rings. The van der Waals surface area contributed by atoms with Crippen LogP contribution in [-0.2, 0) is 4.79 Å². The summed E-state index contributed by atoms with van der Waals surface area (Å²) in [5.74, 6) is -0.483. The highest BCUT2D eigenvalue weighted by atomic mass is 35.5. The van der Waals surface area contributed by atoms with Gasteiger partial charge in [-0.15, -0.1) is 0 Å². The number of anilines is 1. The maximum Gasteiger partial charge on any atom is 0.236 e. The maximum atomic E-state index is 10.5. The van der Waals surface area contributed by atoms with Crippen LogP contribution in [0.25, 0.3) is 0 Å². The Morgan fingerprint density at radius 2 is 2.36 bits per heavy atom. The minimum absolute atomic E-state index is 0.00366. The number of carbonyl (C=O) groups excluding carboxylic acids is 1. The van der Waals surface area contributed by atoms with Crippen molar-refractivity contribution in [2.24, 2.45) is 5.73 Å². The van der Waals surface area contributed by atoms with Gasteiger partial charge in [0, 0.05) is 5.02 Å². The van der Waals surface area contributed by atoms with Crippen molar-refractivity contribution in [1.29, 1.82) is 5.26 Å². The summed E-state index contributed by atoms with van der Waals surface area (Å²) in [6, 6.07) is 6.74. The molecule has 0 spiro atoms. The predicted molar refractivity (Wildman–Crippen MR) is 53.9 cm³/mol. The van der Waals surface area contributed by atoms with Crippen molar-refractivity contribution in [3.05, 3.63) is 28.8 Å². The zero-order valence-electron chi connectivity index (χ0n) is 7.25. The molecule has 0 unspecified atom stereocenters. The lowest BCUT2D eigenvalue weighted by Gasteiger charge is -2.05. The quantitative estimate of drug-likeness (QED) is 0.783. The van der Waals surface area contributed by atoms with Crippen LogP contribution < -0.4 is 11.1 Å². The molecule has 5 heteroatoms. The van der Waals surface area contributed by atoms with Gasteiger partial charge in [0.1, 0.15) is 6.07 Å². The molecule has 0 aliphatic rings. The standard InChI is InChI=1S/C9H8ClN3O/c10-7-1-2-8(6(3-7)4-11)13-5-9(12)14/h1-3,13H,5H2,(H2,12,14). The molecule has 0 bridgehead atoms. The van der Waals surface area contributed by atoms with Gasteiger partial charge in [-0.2, -0.15) is 5.26 Å². The fraction of sp³-hybridized carbons (Fsp3) is 0.111. The van der Waals surface area contributed by atoms with Crippen molar-refractivity contribution in [1.82, 2.24) is 0 Å². The van der Waals surface area contributed by atoms with E-state index in [0.29, 0.717) is 16.3 Å². The van der Waals surface area contributed by atoms with E-state index in [9.17, 15) is 4.79 Å². The first-order valence-electron chi connectivity index (χ1n) is 3.85. The second-order valence-corrected chi connectivity index (χ2v) is 3.06. The molecule has 1 amide bonds. The number of primary amides is 1. The highest BCUT2D eigenvalue weighted by molar-refractivity contribution is 6.30. The molecule has 3 N–H and O–H groups in total. The molecule has 0 aliphatic heterocycles. The molecule has 1 rings (SSSR count). The summed E-state index contributed by atoms with van der Waals surface area (Å²) >= 11 is 5.69. The number of halogens is 1. The minimum atomic E-state index is -0.483. The summed E-state index contributed by atoms with van der Waals surface area (Å²) in [6.45, 7) is -0.00366. The van der Waals surface area contributed by atoms with E-state index >= 15 is 0 Å². The average molecular weight is 210 g/mol. The van der Waals surface area contributed by atoms with Crippen molar-refractivity contribution in [2.75, 3.05) is 11.9 Å². The fourth-order valence-electron chi connectivity index (χ4n) is 0.945. The van der Waals surface area contributed by atoms with Crippen LogP contribution in [0.2, 0.25) is 5.02 Å². The van der Waals surface area contributed by atoms with Crippen molar-refractivity contribution in [2.45, 2.75) is 0 Å². The van der Waals surface area contributed by atoms with Gasteiger partial charge in [-0.1, -0.05) is 11.6 Å². The number of hydrogen-bond acceptors (Lipinski definition) is 3. The Hall–Kier alpha value is -1.73. The van der Waals surface area contributed by atoms with Gasteiger partial charge in [-0.05, 0) is 18.2 Å². The number of nitrogens with one attached hydrogen (secondary N) is 1. The Bertz CT molecular complexity index is 398. The van der Waals surface area contributed by atoms with Gasteiger partial charge in [-0.3, -0.25) is 4.79 Å². The number of nitriles is 1. The molecule has 72 valence electrons. The lowest BCUT2D eigenvalue weighted by atomic mass is 10.2. The third-order valence-electron chi connectivity index (χ3n) is 1.56. The van der Waals surface area contributed by atoms with Crippen LogP contribution in [0.15, 0.2) is 18.2 Å². The van der Waals surface area contributed by atoms with Crippen molar-refractivity contribution >= 4 is 23.2 Å². The summed E-state index contributed by atoms with van der Waals surface area (Å²) < 4.78 is 0. The number of hydrogen-bond donors (Lipinski definition) is 2. The van der Waals surface area contributed by atoms with Gasteiger partial charge in [0.15, 0.2) is 0 Å². The van der Waals surface area contributed by atoms with Gasteiger partial charge in [0.05, 0.1) is 17.8 Å². The van der Waals surface area contributed by atoms with E-state index in [1.165, 1.54) is 6.07 Å². The van der Waals surface area contributed by atoms with Crippen molar-refractivity contribution in [3.63, 3.8) is 0 Å². The highest BCUT2D eigenvalue weighted by Crippen LogP contribution is 2.19. The van der Waals surface area contributed by atoms with E-state index in [4.69, 9.17) is 22.6 Å². The zero-order chi connectivity index (χ0) is 10.6. The van der Waals surface area contributed by atoms with Gasteiger partial charge >= 0.3 is 0 Å². The topological polar surface area (TPSA) is 78.9 Å². The molecule has 14 heavy (non-hydrogen) atoms.